The minimum absolute atomic E-state index is 0.628. The van der Waals surface area contributed by atoms with Crippen LogP contribution in [0.3, 0.4) is 0 Å². The van der Waals surface area contributed by atoms with E-state index in [9.17, 15) is 0 Å². The van der Waals surface area contributed by atoms with Crippen molar-refractivity contribution in [2.24, 2.45) is 0 Å². The molecule has 0 radical (unpaired) electrons. The summed E-state index contributed by atoms with van der Waals surface area (Å²) >= 11 is 0. The van der Waals surface area contributed by atoms with Gasteiger partial charge in [-0.1, -0.05) is 188 Å². The van der Waals surface area contributed by atoms with Crippen molar-refractivity contribution in [3.63, 3.8) is 0 Å². The Kier molecular flexibility index (Phi) is 8.13. The van der Waals surface area contributed by atoms with Crippen LogP contribution in [0.5, 0.6) is 0 Å². The Bertz CT molecular complexity index is 3620. The van der Waals surface area contributed by atoms with Crippen molar-refractivity contribution in [1.29, 1.82) is 0 Å². The summed E-state index contributed by atoms with van der Waals surface area (Å²) in [6, 6.07) is 77.7. The number of fused-ring (bicyclic) bond motifs is 7. The summed E-state index contributed by atoms with van der Waals surface area (Å²) in [5, 5.41) is 9.93. The fourth-order valence-corrected chi connectivity index (χ4v) is 8.97. The molecule has 12 aromatic rings. The summed E-state index contributed by atoms with van der Waals surface area (Å²) in [5.41, 5.74) is 10.9. The summed E-state index contributed by atoms with van der Waals surface area (Å²) in [6.45, 7) is 0. The van der Waals surface area contributed by atoms with Gasteiger partial charge in [-0.3, -0.25) is 0 Å². The fourth-order valence-electron chi connectivity index (χ4n) is 8.97. The third kappa shape index (κ3) is 6.04. The van der Waals surface area contributed by atoms with Crippen LogP contribution in [0.4, 0.5) is 0 Å². The Morgan fingerprint density at radius 1 is 0.279 bits per heavy atom. The molecule has 0 unspecified atom stereocenters. The minimum Gasteiger partial charge on any atom is -0.309 e. The summed E-state index contributed by atoms with van der Waals surface area (Å²) in [5.74, 6) is 1.90. The quantitative estimate of drug-likeness (QED) is 0.169. The molecule has 10 aromatic carbocycles. The molecule has 0 bridgehead atoms. The lowest BCUT2D eigenvalue weighted by Crippen LogP contribution is -2.00. The maximum atomic E-state index is 5.10. The molecular weight excluding hydrogens is 741 g/mol. The summed E-state index contributed by atoms with van der Waals surface area (Å²) in [6.07, 6.45) is 0. The molecule has 0 fully saturated rings. The Labute approximate surface area is 352 Å². The maximum absolute atomic E-state index is 5.10. The highest BCUT2D eigenvalue weighted by atomic mass is 15.0. The van der Waals surface area contributed by atoms with Crippen molar-refractivity contribution in [3.8, 4) is 62.1 Å². The first kappa shape index (κ1) is 34.8. The molecule has 0 atom stereocenters. The predicted octanol–water partition coefficient (Wildman–Crippen LogP) is 14.8. The summed E-state index contributed by atoms with van der Waals surface area (Å²) < 4.78 is 2.45. The molecule has 12 rings (SSSR count). The van der Waals surface area contributed by atoms with Crippen molar-refractivity contribution in [1.82, 2.24) is 19.5 Å². The van der Waals surface area contributed by atoms with E-state index in [1.807, 2.05) is 30.3 Å². The van der Waals surface area contributed by atoms with E-state index in [1.54, 1.807) is 0 Å². The predicted molar refractivity (Wildman–Crippen MR) is 254 cm³/mol. The van der Waals surface area contributed by atoms with Crippen LogP contribution in [-0.2, 0) is 0 Å². The monoisotopic (exact) mass is 776 g/mol. The van der Waals surface area contributed by atoms with Gasteiger partial charge in [0.1, 0.15) is 0 Å². The largest absolute Gasteiger partial charge is 0.309 e. The summed E-state index contributed by atoms with van der Waals surface area (Å²) in [7, 11) is 0. The van der Waals surface area contributed by atoms with Crippen LogP contribution in [0.15, 0.2) is 218 Å². The maximum Gasteiger partial charge on any atom is 0.164 e. The lowest BCUT2D eigenvalue weighted by atomic mass is 10.00. The molecule has 0 aliphatic heterocycles. The zero-order valence-corrected chi connectivity index (χ0v) is 33.1. The molecule has 0 saturated carbocycles. The van der Waals surface area contributed by atoms with E-state index in [0.29, 0.717) is 17.5 Å². The molecule has 4 heteroatoms. The normalized spacial score (nSPS) is 11.6. The van der Waals surface area contributed by atoms with E-state index < -0.39 is 0 Å². The second-order valence-corrected chi connectivity index (χ2v) is 15.6. The Balaban J connectivity index is 0.958. The van der Waals surface area contributed by atoms with Gasteiger partial charge in [0.25, 0.3) is 0 Å². The third-order valence-corrected chi connectivity index (χ3v) is 12.0. The van der Waals surface area contributed by atoms with E-state index in [0.717, 1.165) is 39.1 Å². The number of benzene rings is 10. The molecule has 4 nitrogen and oxygen atoms in total. The first-order valence-electron chi connectivity index (χ1n) is 20.7. The van der Waals surface area contributed by atoms with Crippen LogP contribution in [0, 0.1) is 0 Å². The van der Waals surface area contributed by atoms with E-state index in [1.165, 1.54) is 59.7 Å². The van der Waals surface area contributed by atoms with Gasteiger partial charge in [0, 0.05) is 33.0 Å². The van der Waals surface area contributed by atoms with Gasteiger partial charge in [0.05, 0.1) is 16.7 Å². The number of rotatable bonds is 6. The molecule has 0 amide bonds. The highest BCUT2D eigenvalue weighted by Gasteiger charge is 2.19. The van der Waals surface area contributed by atoms with Crippen molar-refractivity contribution >= 4 is 54.1 Å². The molecule has 0 spiro atoms. The number of hydrogen-bond acceptors (Lipinski definition) is 3. The molecule has 0 aliphatic rings. The van der Waals surface area contributed by atoms with E-state index in [4.69, 9.17) is 15.0 Å². The average Bonchev–Trinajstić information content (AvgIpc) is 3.66. The van der Waals surface area contributed by atoms with Gasteiger partial charge in [-0.15, -0.1) is 0 Å². The van der Waals surface area contributed by atoms with Gasteiger partial charge >= 0.3 is 0 Å². The van der Waals surface area contributed by atoms with Gasteiger partial charge in [0.15, 0.2) is 17.5 Å². The van der Waals surface area contributed by atoms with Crippen LogP contribution in [0.1, 0.15) is 0 Å². The zero-order valence-electron chi connectivity index (χ0n) is 33.1. The van der Waals surface area contributed by atoms with Crippen molar-refractivity contribution in [3.05, 3.63) is 218 Å². The molecule has 61 heavy (non-hydrogen) atoms. The van der Waals surface area contributed by atoms with Crippen molar-refractivity contribution in [2.75, 3.05) is 0 Å². The fraction of sp³-hybridized carbons (Fsp3) is 0. The molecule has 0 aliphatic carbocycles. The molecule has 0 N–H and O–H groups in total. The van der Waals surface area contributed by atoms with Gasteiger partial charge < -0.3 is 4.57 Å². The molecule has 2 aromatic heterocycles. The topological polar surface area (TPSA) is 43.6 Å². The zero-order chi connectivity index (χ0) is 40.3. The molecule has 0 saturated heterocycles. The molecule has 2 heterocycles. The van der Waals surface area contributed by atoms with Crippen LogP contribution < -0.4 is 0 Å². The van der Waals surface area contributed by atoms with Crippen molar-refractivity contribution in [2.45, 2.75) is 0 Å². The van der Waals surface area contributed by atoms with Gasteiger partial charge in [0.2, 0.25) is 0 Å². The highest BCUT2D eigenvalue weighted by molar-refractivity contribution is 6.23. The lowest BCUT2D eigenvalue weighted by molar-refractivity contribution is 1.07. The number of hydrogen-bond donors (Lipinski definition) is 0. The van der Waals surface area contributed by atoms with E-state index in [2.05, 4.69) is 193 Å². The number of nitrogens with zero attached hydrogens (tertiary/aromatic N) is 4. The third-order valence-electron chi connectivity index (χ3n) is 12.0. The Morgan fingerprint density at radius 2 is 0.770 bits per heavy atom. The number of aromatic nitrogens is 4. The van der Waals surface area contributed by atoms with E-state index >= 15 is 0 Å². The van der Waals surface area contributed by atoms with Gasteiger partial charge in [-0.25, -0.2) is 15.0 Å². The summed E-state index contributed by atoms with van der Waals surface area (Å²) in [4.78, 5) is 15.2. The Hall–Kier alpha value is -8.21. The molecule has 284 valence electrons. The minimum atomic E-state index is 0.628. The second-order valence-electron chi connectivity index (χ2n) is 15.6. The van der Waals surface area contributed by atoms with Gasteiger partial charge in [-0.2, -0.15) is 0 Å². The van der Waals surface area contributed by atoms with Crippen LogP contribution >= 0.6 is 0 Å². The van der Waals surface area contributed by atoms with Crippen molar-refractivity contribution < 1.29 is 0 Å². The Morgan fingerprint density at radius 3 is 1.48 bits per heavy atom. The van der Waals surface area contributed by atoms with E-state index in [-0.39, 0.29) is 0 Å². The average molecular weight is 777 g/mol. The van der Waals surface area contributed by atoms with Crippen LogP contribution in [0.2, 0.25) is 0 Å². The van der Waals surface area contributed by atoms with Gasteiger partial charge in [-0.05, 0) is 79.3 Å². The second kappa shape index (κ2) is 14.3. The first-order valence-corrected chi connectivity index (χ1v) is 20.7. The number of para-hydroxylation sites is 1. The molecular formula is C57H36N4. The SMILES string of the molecule is c1ccc(-c2nc(-c3ccc(-c4ccc5ccccc5c4)cc3)nc(-c3ccc(-c4ccccc4-n4c5cc6ccccc6cc5c5c6ccccc6ccc54)cc3)n2)cc1. The smallest absolute Gasteiger partial charge is 0.164 e. The van der Waals surface area contributed by atoms with Crippen LogP contribution in [-0.4, -0.2) is 19.5 Å². The van der Waals surface area contributed by atoms with Crippen LogP contribution in [0.25, 0.3) is 116 Å². The standard InChI is InChI=1S/C57H36N4/c1-2-14-41(15-3-1)55-58-56(42-27-22-38(23-28-42)47-31-24-37-12-4-5-16-44(37)34-47)60-57(59-55)43-29-25-40(26-30-43)48-19-10-11-21-51(48)61-52-33-32-39-13-8-9-20-49(39)54(52)50-35-45-17-6-7-18-46(45)36-53(50)61/h1-36H. The lowest BCUT2D eigenvalue weighted by Gasteiger charge is -2.15. The highest BCUT2D eigenvalue weighted by Crippen LogP contribution is 2.41. The first-order chi connectivity index (χ1) is 30.2.